The van der Waals surface area contributed by atoms with Gasteiger partial charge in [0.25, 0.3) is 0 Å². The molecule has 0 heterocycles. The number of aliphatic hydroxyl groups excluding tert-OH is 1. The standard InChI is InChI=1S/C11H13F3O3S/c1-2-18(16,17)7-10(15)8-3-5-9(6-4-8)11(12,13)14/h3-6,10,15H,2,7H2,1H3. The second kappa shape index (κ2) is 5.27. The highest BCUT2D eigenvalue weighted by Crippen LogP contribution is 2.30. The summed E-state index contributed by atoms with van der Waals surface area (Å²) >= 11 is 0. The Labute approximate surface area is 103 Å². The molecule has 102 valence electrons. The van der Waals surface area contributed by atoms with E-state index in [0.29, 0.717) is 0 Å². The van der Waals surface area contributed by atoms with Crippen molar-refractivity contribution < 1.29 is 26.7 Å². The quantitative estimate of drug-likeness (QED) is 0.921. The van der Waals surface area contributed by atoms with Gasteiger partial charge in [-0.2, -0.15) is 13.2 Å². The Kier molecular flexibility index (Phi) is 4.39. The van der Waals surface area contributed by atoms with E-state index in [1.807, 2.05) is 0 Å². The van der Waals surface area contributed by atoms with Gasteiger partial charge in [0.15, 0.2) is 9.84 Å². The minimum absolute atomic E-state index is 0.120. The van der Waals surface area contributed by atoms with Gasteiger partial charge in [0.05, 0.1) is 17.4 Å². The molecule has 1 rings (SSSR count). The molecule has 0 spiro atoms. The third-order valence-corrected chi connectivity index (χ3v) is 4.18. The highest BCUT2D eigenvalue weighted by molar-refractivity contribution is 7.91. The fourth-order valence-corrected chi connectivity index (χ4v) is 2.26. The van der Waals surface area contributed by atoms with E-state index < -0.39 is 33.4 Å². The first-order valence-corrected chi connectivity index (χ1v) is 7.03. The third-order valence-electron chi connectivity index (χ3n) is 2.47. The van der Waals surface area contributed by atoms with Gasteiger partial charge in [0.1, 0.15) is 0 Å². The van der Waals surface area contributed by atoms with E-state index >= 15 is 0 Å². The summed E-state index contributed by atoms with van der Waals surface area (Å²) in [6.07, 6.45) is -5.75. The molecule has 1 aromatic rings. The number of sulfone groups is 1. The SMILES string of the molecule is CCS(=O)(=O)CC(O)c1ccc(C(F)(F)F)cc1. The predicted octanol–water partition coefficient (Wildman–Crippen LogP) is 2.17. The maximum absolute atomic E-state index is 12.3. The van der Waals surface area contributed by atoms with Crippen LogP contribution in [0.2, 0.25) is 0 Å². The third kappa shape index (κ3) is 3.99. The first-order valence-electron chi connectivity index (χ1n) is 5.21. The lowest BCUT2D eigenvalue weighted by atomic mass is 10.1. The van der Waals surface area contributed by atoms with Gasteiger partial charge >= 0.3 is 6.18 Å². The van der Waals surface area contributed by atoms with Gasteiger partial charge in [0, 0.05) is 5.75 Å². The number of benzene rings is 1. The number of rotatable bonds is 4. The summed E-state index contributed by atoms with van der Waals surface area (Å²) in [6, 6.07) is 3.80. The molecule has 0 aliphatic rings. The van der Waals surface area contributed by atoms with Gasteiger partial charge in [-0.15, -0.1) is 0 Å². The average molecular weight is 282 g/mol. The van der Waals surface area contributed by atoms with Crippen molar-refractivity contribution in [2.24, 2.45) is 0 Å². The lowest BCUT2D eigenvalue weighted by Gasteiger charge is -2.12. The number of alkyl halides is 3. The number of halogens is 3. The van der Waals surface area contributed by atoms with Crippen LogP contribution in [-0.4, -0.2) is 25.0 Å². The molecule has 0 aliphatic carbocycles. The highest BCUT2D eigenvalue weighted by atomic mass is 32.2. The first kappa shape index (κ1) is 15.0. The summed E-state index contributed by atoms with van der Waals surface area (Å²) in [4.78, 5) is 0. The Morgan fingerprint density at radius 3 is 2.11 bits per heavy atom. The van der Waals surface area contributed by atoms with Gasteiger partial charge in [0.2, 0.25) is 0 Å². The van der Waals surface area contributed by atoms with Crippen LogP contribution in [0.5, 0.6) is 0 Å². The Morgan fingerprint density at radius 1 is 1.22 bits per heavy atom. The van der Waals surface area contributed by atoms with E-state index in [1.54, 1.807) is 0 Å². The first-order chi connectivity index (χ1) is 8.15. The van der Waals surface area contributed by atoms with Crippen LogP contribution >= 0.6 is 0 Å². The fourth-order valence-electron chi connectivity index (χ4n) is 1.35. The van der Waals surface area contributed by atoms with Crippen LogP contribution in [0.25, 0.3) is 0 Å². The average Bonchev–Trinajstić information content (AvgIpc) is 2.27. The van der Waals surface area contributed by atoms with Crippen molar-refractivity contribution in [3.05, 3.63) is 35.4 Å². The summed E-state index contributed by atoms with van der Waals surface area (Å²) in [5, 5.41) is 9.62. The van der Waals surface area contributed by atoms with Crippen molar-refractivity contribution in [1.29, 1.82) is 0 Å². The molecular formula is C11H13F3O3S. The smallest absolute Gasteiger partial charge is 0.387 e. The van der Waals surface area contributed by atoms with Crippen LogP contribution in [0.3, 0.4) is 0 Å². The summed E-state index contributed by atoms with van der Waals surface area (Å²) < 4.78 is 59.4. The lowest BCUT2D eigenvalue weighted by molar-refractivity contribution is -0.137. The molecular weight excluding hydrogens is 269 g/mol. The molecule has 0 amide bonds. The number of hydrogen-bond donors (Lipinski definition) is 1. The molecule has 0 aliphatic heterocycles. The molecule has 18 heavy (non-hydrogen) atoms. The predicted molar refractivity (Wildman–Crippen MR) is 60.7 cm³/mol. The Morgan fingerprint density at radius 2 is 1.72 bits per heavy atom. The molecule has 0 radical (unpaired) electrons. The maximum atomic E-state index is 12.3. The molecule has 1 aromatic carbocycles. The van der Waals surface area contributed by atoms with Crippen molar-refractivity contribution in [3.63, 3.8) is 0 Å². The molecule has 1 N–H and O–H groups in total. The molecule has 0 bridgehead atoms. The Balaban J connectivity index is 2.86. The second-order valence-electron chi connectivity index (χ2n) is 3.83. The van der Waals surface area contributed by atoms with E-state index in [1.165, 1.54) is 6.92 Å². The topological polar surface area (TPSA) is 54.4 Å². The van der Waals surface area contributed by atoms with Crippen LogP contribution in [0.15, 0.2) is 24.3 Å². The summed E-state index contributed by atoms with van der Waals surface area (Å²) in [6.45, 7) is 1.44. The second-order valence-corrected chi connectivity index (χ2v) is 6.23. The van der Waals surface area contributed by atoms with Crippen molar-refractivity contribution in [2.75, 3.05) is 11.5 Å². The molecule has 1 atom stereocenters. The van der Waals surface area contributed by atoms with Crippen molar-refractivity contribution in [3.8, 4) is 0 Å². The normalized spacial score (nSPS) is 14.5. The van der Waals surface area contributed by atoms with E-state index in [2.05, 4.69) is 0 Å². The maximum Gasteiger partial charge on any atom is 0.416 e. The van der Waals surface area contributed by atoms with Crippen LogP contribution in [0.1, 0.15) is 24.2 Å². The van der Waals surface area contributed by atoms with Gasteiger partial charge < -0.3 is 5.11 Å². The minimum Gasteiger partial charge on any atom is -0.387 e. The van der Waals surface area contributed by atoms with Crippen molar-refractivity contribution in [2.45, 2.75) is 19.2 Å². The molecule has 3 nitrogen and oxygen atoms in total. The zero-order valence-electron chi connectivity index (χ0n) is 9.61. The summed E-state index contributed by atoms with van der Waals surface area (Å²) in [5.41, 5.74) is -0.683. The van der Waals surface area contributed by atoms with Crippen LogP contribution < -0.4 is 0 Å². The lowest BCUT2D eigenvalue weighted by Crippen LogP contribution is -2.16. The van der Waals surface area contributed by atoms with E-state index in [4.69, 9.17) is 0 Å². The highest BCUT2D eigenvalue weighted by Gasteiger charge is 2.30. The Bertz CT molecular complexity index is 491. The van der Waals surface area contributed by atoms with Gasteiger partial charge in [-0.05, 0) is 17.7 Å². The zero-order chi connectivity index (χ0) is 14.0. The summed E-state index contributed by atoms with van der Waals surface area (Å²) in [7, 11) is -3.38. The molecule has 1 unspecified atom stereocenters. The Hall–Kier alpha value is -1.08. The molecule has 0 fully saturated rings. The van der Waals surface area contributed by atoms with Crippen molar-refractivity contribution in [1.82, 2.24) is 0 Å². The fraction of sp³-hybridized carbons (Fsp3) is 0.455. The largest absolute Gasteiger partial charge is 0.416 e. The van der Waals surface area contributed by atoms with Crippen LogP contribution in [-0.2, 0) is 16.0 Å². The number of aliphatic hydroxyl groups is 1. The zero-order valence-corrected chi connectivity index (χ0v) is 10.4. The molecule has 0 saturated carbocycles. The minimum atomic E-state index is -4.45. The van der Waals surface area contributed by atoms with Crippen molar-refractivity contribution >= 4 is 9.84 Å². The van der Waals surface area contributed by atoms with E-state index in [0.717, 1.165) is 24.3 Å². The molecule has 0 saturated heterocycles. The van der Waals surface area contributed by atoms with E-state index in [-0.39, 0.29) is 11.3 Å². The van der Waals surface area contributed by atoms with Gasteiger partial charge in [-0.1, -0.05) is 19.1 Å². The number of hydrogen-bond acceptors (Lipinski definition) is 3. The monoisotopic (exact) mass is 282 g/mol. The van der Waals surface area contributed by atoms with Gasteiger partial charge in [-0.25, -0.2) is 8.42 Å². The molecule has 0 aromatic heterocycles. The van der Waals surface area contributed by atoms with Crippen LogP contribution in [0, 0.1) is 0 Å². The summed E-state index contributed by atoms with van der Waals surface area (Å²) in [5.74, 6) is -0.612. The molecule has 7 heteroatoms. The van der Waals surface area contributed by atoms with Crippen LogP contribution in [0.4, 0.5) is 13.2 Å². The van der Waals surface area contributed by atoms with E-state index in [9.17, 15) is 26.7 Å². The van der Waals surface area contributed by atoms with Gasteiger partial charge in [-0.3, -0.25) is 0 Å².